The molecule has 2 aromatic carbocycles. The van der Waals surface area contributed by atoms with Crippen molar-refractivity contribution in [3.8, 4) is 11.1 Å². The van der Waals surface area contributed by atoms with Crippen LogP contribution in [-0.2, 0) is 9.53 Å². The number of hydrogen-bond donors (Lipinski definition) is 2. The second-order valence-corrected chi connectivity index (χ2v) is 7.23. The molecule has 136 valence electrons. The van der Waals surface area contributed by atoms with E-state index in [-0.39, 0.29) is 19.4 Å². The lowest BCUT2D eigenvalue weighted by Crippen LogP contribution is -2.49. The third kappa shape index (κ3) is 3.43. The van der Waals surface area contributed by atoms with E-state index in [2.05, 4.69) is 5.32 Å². The van der Waals surface area contributed by atoms with Gasteiger partial charge in [-0.15, -0.1) is 0 Å². The summed E-state index contributed by atoms with van der Waals surface area (Å²) in [5.74, 6) is -1.27. The first-order valence-corrected chi connectivity index (χ1v) is 8.48. The molecule has 26 heavy (non-hydrogen) atoms. The van der Waals surface area contributed by atoms with Crippen LogP contribution in [0.3, 0.4) is 0 Å². The fourth-order valence-corrected chi connectivity index (χ4v) is 3.35. The van der Waals surface area contributed by atoms with Gasteiger partial charge in [0.2, 0.25) is 0 Å². The van der Waals surface area contributed by atoms with Crippen molar-refractivity contribution in [3.05, 3.63) is 59.7 Å². The molecule has 2 N–H and O–H groups in total. The van der Waals surface area contributed by atoms with Gasteiger partial charge >= 0.3 is 12.1 Å². The van der Waals surface area contributed by atoms with Crippen LogP contribution in [0.25, 0.3) is 11.1 Å². The Balaban J connectivity index is 1.73. The van der Waals surface area contributed by atoms with Gasteiger partial charge in [-0.2, -0.15) is 0 Å². The molecule has 3 rings (SSSR count). The molecule has 1 aliphatic rings. The summed E-state index contributed by atoms with van der Waals surface area (Å²) in [6.45, 7) is 3.24. The Hall–Kier alpha value is -2.82. The van der Waals surface area contributed by atoms with Crippen LogP contribution in [0.15, 0.2) is 48.5 Å². The van der Waals surface area contributed by atoms with E-state index in [1.165, 1.54) is 0 Å². The molecule has 0 aromatic heterocycles. The third-order valence-electron chi connectivity index (χ3n) is 4.63. The molecule has 0 unspecified atom stereocenters. The Morgan fingerprint density at radius 1 is 1.15 bits per heavy atom. The molecular formula is C21H23NO4. The van der Waals surface area contributed by atoms with Crippen LogP contribution in [0.4, 0.5) is 4.79 Å². The number of carbonyl (C=O) groups is 2. The van der Waals surface area contributed by atoms with Crippen molar-refractivity contribution < 1.29 is 20.8 Å². The summed E-state index contributed by atoms with van der Waals surface area (Å²) in [4.78, 5) is 23.7. The smallest absolute Gasteiger partial charge is 0.407 e. The molecule has 2 aromatic rings. The number of amides is 1. The quantitative estimate of drug-likeness (QED) is 0.869. The van der Waals surface area contributed by atoms with Crippen molar-refractivity contribution in [1.29, 1.82) is 0 Å². The molecule has 0 heterocycles. The summed E-state index contributed by atoms with van der Waals surface area (Å²) in [7, 11) is 0. The highest BCUT2D eigenvalue weighted by Crippen LogP contribution is 2.44. The van der Waals surface area contributed by atoms with Crippen molar-refractivity contribution in [3.63, 3.8) is 0 Å². The fourth-order valence-electron chi connectivity index (χ4n) is 3.35. The Morgan fingerprint density at radius 2 is 1.69 bits per heavy atom. The highest BCUT2D eigenvalue weighted by Gasteiger charge is 2.34. The number of benzene rings is 2. The largest absolute Gasteiger partial charge is 0.480 e. The van der Waals surface area contributed by atoms with Gasteiger partial charge in [0, 0.05) is 7.29 Å². The average molecular weight is 354 g/mol. The number of rotatable bonds is 4. The first-order chi connectivity index (χ1) is 12.8. The Morgan fingerprint density at radius 3 is 2.19 bits per heavy atom. The van der Waals surface area contributed by atoms with E-state index < -0.39 is 23.5 Å². The van der Waals surface area contributed by atoms with Crippen LogP contribution in [0.5, 0.6) is 0 Å². The van der Waals surface area contributed by atoms with Gasteiger partial charge in [0.25, 0.3) is 0 Å². The molecule has 0 saturated heterocycles. The number of fused-ring (bicyclic) bond motifs is 3. The van der Waals surface area contributed by atoms with Gasteiger partial charge in [-0.25, -0.2) is 9.59 Å². The monoisotopic (exact) mass is 354 g/mol. The minimum atomic E-state index is -1.19. The molecule has 5 heteroatoms. The number of nitrogens with one attached hydrogen (secondary N) is 1. The third-order valence-corrected chi connectivity index (χ3v) is 4.63. The Bertz CT molecular complexity index is 819. The van der Waals surface area contributed by atoms with Crippen molar-refractivity contribution in [1.82, 2.24) is 5.32 Å². The number of carbonyl (C=O) groups excluding carboxylic acids is 1. The number of hydrogen-bond acceptors (Lipinski definition) is 3. The Labute approximate surface area is 154 Å². The van der Waals surface area contributed by atoms with Crippen molar-refractivity contribution >= 4 is 12.1 Å². The molecule has 0 aliphatic heterocycles. The Kier molecular flexibility index (Phi) is 4.37. The van der Waals surface area contributed by atoms with Crippen LogP contribution in [0.2, 0.25) is 0 Å². The molecular weight excluding hydrogens is 330 g/mol. The van der Waals surface area contributed by atoms with Gasteiger partial charge in [-0.1, -0.05) is 69.3 Å². The van der Waals surface area contributed by atoms with Gasteiger partial charge in [0.1, 0.15) is 12.6 Å². The molecule has 1 amide bonds. The minimum absolute atomic E-state index is 0.0874. The second kappa shape index (κ2) is 6.83. The number of carboxylic acid groups (broad SMARTS) is 1. The van der Waals surface area contributed by atoms with Crippen molar-refractivity contribution in [2.45, 2.75) is 32.7 Å². The molecule has 0 bridgehead atoms. The van der Waals surface area contributed by atoms with E-state index in [0.29, 0.717) is 0 Å². The van der Waals surface area contributed by atoms with Crippen LogP contribution in [0.1, 0.15) is 39.2 Å². The standard InChI is InChI=1S/C21H23NO4/c1-21(2,3)18(19(23)24)22-20(25)26-12-17-15-10-6-4-8-13(15)14-9-5-7-11-16(14)17/h4-11,17-18H,12H2,1-3H3,(H,22,25)(H,23,24)/t18-/m1/s1/i1D. The van der Waals surface area contributed by atoms with Gasteiger partial charge in [-0.3, -0.25) is 0 Å². The predicted octanol–water partition coefficient (Wildman–Crippen LogP) is 4.02. The van der Waals surface area contributed by atoms with E-state index in [9.17, 15) is 14.7 Å². The minimum Gasteiger partial charge on any atom is -0.480 e. The lowest BCUT2D eigenvalue weighted by Gasteiger charge is -2.27. The van der Waals surface area contributed by atoms with Crippen molar-refractivity contribution in [2.75, 3.05) is 6.61 Å². The molecule has 1 aliphatic carbocycles. The second-order valence-electron chi connectivity index (χ2n) is 7.23. The maximum Gasteiger partial charge on any atom is 0.407 e. The number of ether oxygens (including phenoxy) is 1. The number of aliphatic carboxylic acids is 1. The van der Waals surface area contributed by atoms with Crippen LogP contribution in [0, 0.1) is 5.41 Å². The van der Waals surface area contributed by atoms with Crippen LogP contribution < -0.4 is 5.32 Å². The van der Waals surface area contributed by atoms with Crippen molar-refractivity contribution in [2.24, 2.45) is 5.41 Å². The van der Waals surface area contributed by atoms with Crippen LogP contribution in [-0.4, -0.2) is 29.8 Å². The summed E-state index contributed by atoms with van der Waals surface area (Å²) in [5, 5.41) is 11.8. The summed E-state index contributed by atoms with van der Waals surface area (Å²) < 4.78 is 12.9. The maximum atomic E-state index is 12.2. The highest BCUT2D eigenvalue weighted by molar-refractivity contribution is 5.81. The van der Waals surface area contributed by atoms with Gasteiger partial charge < -0.3 is 15.2 Å². The zero-order valence-electron chi connectivity index (χ0n) is 15.9. The average Bonchev–Trinajstić information content (AvgIpc) is 2.98. The van der Waals surface area contributed by atoms with E-state index in [4.69, 9.17) is 6.11 Å². The topological polar surface area (TPSA) is 75.6 Å². The van der Waals surface area contributed by atoms with E-state index in [0.717, 1.165) is 22.3 Å². The molecule has 0 saturated carbocycles. The zero-order valence-corrected chi connectivity index (χ0v) is 14.9. The summed E-state index contributed by atoms with van der Waals surface area (Å²) in [6.07, 6.45) is -0.786. The predicted molar refractivity (Wildman–Crippen MR) is 99.1 cm³/mol. The zero-order chi connectivity index (χ0) is 19.6. The lowest BCUT2D eigenvalue weighted by atomic mass is 9.87. The molecule has 5 nitrogen and oxygen atoms in total. The number of alkyl carbamates (subject to hydrolysis) is 1. The van der Waals surface area contributed by atoms with E-state index >= 15 is 0 Å². The van der Waals surface area contributed by atoms with Gasteiger partial charge in [0.15, 0.2) is 0 Å². The summed E-state index contributed by atoms with van der Waals surface area (Å²) in [6, 6.07) is 14.8. The fraction of sp³-hybridized carbons (Fsp3) is 0.333. The lowest BCUT2D eigenvalue weighted by molar-refractivity contribution is -0.142. The first kappa shape index (κ1) is 16.6. The van der Waals surface area contributed by atoms with Crippen LogP contribution >= 0.6 is 0 Å². The normalized spacial score (nSPS) is 14.8. The first-order valence-electron chi connectivity index (χ1n) is 9.19. The molecule has 1 atom stereocenters. The number of carboxylic acids is 1. The summed E-state index contributed by atoms with van der Waals surface area (Å²) in [5.41, 5.74) is 3.53. The molecule has 0 radical (unpaired) electrons. The summed E-state index contributed by atoms with van der Waals surface area (Å²) >= 11 is 0. The molecule has 0 spiro atoms. The highest BCUT2D eigenvalue weighted by atomic mass is 16.5. The van der Waals surface area contributed by atoms with Gasteiger partial charge in [0.05, 0.1) is 0 Å². The SMILES string of the molecule is [2H]CC(C)(C)[C@H](NC(=O)OCC1c2ccccc2-c2ccccc21)C(=O)O. The van der Waals surface area contributed by atoms with E-state index in [1.54, 1.807) is 13.8 Å². The van der Waals surface area contributed by atoms with Gasteiger partial charge in [-0.05, 0) is 27.7 Å². The molecule has 0 fully saturated rings. The maximum absolute atomic E-state index is 12.2. The van der Waals surface area contributed by atoms with E-state index in [1.807, 2.05) is 48.5 Å².